The van der Waals surface area contributed by atoms with Gasteiger partial charge in [0.1, 0.15) is 0 Å². The van der Waals surface area contributed by atoms with Crippen molar-refractivity contribution < 1.29 is 5.11 Å². The molecule has 1 saturated carbocycles. The van der Waals surface area contributed by atoms with Crippen molar-refractivity contribution in [3.05, 3.63) is 33.3 Å². The Morgan fingerprint density at radius 1 is 1.41 bits per heavy atom. The van der Waals surface area contributed by atoms with Crippen LogP contribution in [0.2, 0.25) is 5.02 Å². The quantitative estimate of drug-likeness (QED) is 0.852. The molecule has 0 amide bonds. The highest BCUT2D eigenvalue weighted by molar-refractivity contribution is 9.10. The second-order valence-corrected chi connectivity index (χ2v) is 6.23. The highest BCUT2D eigenvalue weighted by Crippen LogP contribution is 2.58. The maximum Gasteiger partial charge on any atom is 0.0608 e. The van der Waals surface area contributed by atoms with Crippen LogP contribution in [0.4, 0.5) is 0 Å². The number of halogens is 2. The Bertz CT molecular complexity index is 415. The Balaban J connectivity index is 2.35. The smallest absolute Gasteiger partial charge is 0.0608 e. The maximum atomic E-state index is 10.1. The lowest BCUT2D eigenvalue weighted by Gasteiger charge is -2.54. The zero-order valence-electron chi connectivity index (χ0n) is 10.2. The van der Waals surface area contributed by atoms with E-state index in [1.165, 1.54) is 5.56 Å². The zero-order chi connectivity index (χ0) is 12.6. The summed E-state index contributed by atoms with van der Waals surface area (Å²) >= 11 is 9.74. The summed E-state index contributed by atoms with van der Waals surface area (Å²) in [6.45, 7) is 4.32. The highest BCUT2D eigenvalue weighted by atomic mass is 79.9. The van der Waals surface area contributed by atoms with Crippen LogP contribution in [0.1, 0.15) is 44.6 Å². The minimum Gasteiger partial charge on any atom is -0.393 e. The fourth-order valence-corrected chi connectivity index (χ4v) is 4.00. The number of benzene rings is 1. The van der Waals surface area contributed by atoms with Crippen molar-refractivity contribution in [1.82, 2.24) is 0 Å². The van der Waals surface area contributed by atoms with Gasteiger partial charge in [0.05, 0.1) is 6.10 Å². The first kappa shape index (κ1) is 13.4. The van der Waals surface area contributed by atoms with Crippen LogP contribution in [-0.2, 0) is 0 Å². The summed E-state index contributed by atoms with van der Waals surface area (Å²) in [5.41, 5.74) is 1.21. The zero-order valence-corrected chi connectivity index (χ0v) is 12.6. The van der Waals surface area contributed by atoms with Crippen molar-refractivity contribution >= 4 is 27.5 Å². The number of hydrogen-bond donors (Lipinski definition) is 1. The Morgan fingerprint density at radius 3 is 2.53 bits per heavy atom. The van der Waals surface area contributed by atoms with Crippen LogP contribution in [0.3, 0.4) is 0 Å². The Hall–Kier alpha value is -0.0500. The third-order valence-electron chi connectivity index (χ3n) is 4.47. The molecule has 0 spiro atoms. The molecule has 3 heteroatoms. The van der Waals surface area contributed by atoms with Gasteiger partial charge in [0.25, 0.3) is 0 Å². The van der Waals surface area contributed by atoms with Crippen LogP contribution in [0.25, 0.3) is 0 Å². The topological polar surface area (TPSA) is 20.2 Å². The normalized spacial score (nSPS) is 26.6. The summed E-state index contributed by atoms with van der Waals surface area (Å²) in [5, 5.41) is 10.9. The van der Waals surface area contributed by atoms with E-state index in [0.29, 0.717) is 5.92 Å². The molecule has 0 saturated heterocycles. The number of aliphatic hydroxyl groups is 1. The molecular formula is C14H18BrClO. The predicted molar refractivity (Wildman–Crippen MR) is 75.5 cm³/mol. The average molecular weight is 318 g/mol. The van der Waals surface area contributed by atoms with Crippen LogP contribution in [0, 0.1) is 5.41 Å². The molecule has 2 rings (SSSR count). The fourth-order valence-electron chi connectivity index (χ4n) is 3.20. The fraction of sp³-hybridized carbons (Fsp3) is 0.571. The second kappa shape index (κ2) is 4.91. The first-order valence-corrected chi connectivity index (χ1v) is 7.35. The lowest BCUT2D eigenvalue weighted by molar-refractivity contribution is -0.0931. The molecule has 94 valence electrons. The van der Waals surface area contributed by atoms with E-state index in [-0.39, 0.29) is 11.5 Å². The van der Waals surface area contributed by atoms with Gasteiger partial charge in [-0.25, -0.2) is 0 Å². The summed E-state index contributed by atoms with van der Waals surface area (Å²) < 4.78 is 1.00. The molecule has 1 fully saturated rings. The molecule has 1 N–H and O–H groups in total. The van der Waals surface area contributed by atoms with Crippen LogP contribution < -0.4 is 0 Å². The molecule has 17 heavy (non-hydrogen) atoms. The van der Waals surface area contributed by atoms with Gasteiger partial charge in [-0.05, 0) is 42.9 Å². The largest absolute Gasteiger partial charge is 0.393 e. The van der Waals surface area contributed by atoms with Crippen molar-refractivity contribution in [2.75, 3.05) is 0 Å². The second-order valence-electron chi connectivity index (χ2n) is 4.91. The number of aliphatic hydroxyl groups excluding tert-OH is 1. The first-order chi connectivity index (χ1) is 8.05. The van der Waals surface area contributed by atoms with E-state index < -0.39 is 0 Å². The molecule has 2 atom stereocenters. The molecule has 1 aliphatic carbocycles. The first-order valence-electron chi connectivity index (χ1n) is 6.18. The summed E-state index contributed by atoms with van der Waals surface area (Å²) in [6, 6.07) is 6.06. The number of rotatable bonds is 3. The van der Waals surface area contributed by atoms with Gasteiger partial charge in [-0.15, -0.1) is 0 Å². The summed E-state index contributed by atoms with van der Waals surface area (Å²) in [5.74, 6) is 0.396. The SMILES string of the molecule is CCC1(CC)C(O)CC1c1ccc(Br)cc1Cl. The molecule has 1 aromatic rings. The van der Waals surface area contributed by atoms with Crippen molar-refractivity contribution in [2.24, 2.45) is 5.41 Å². The maximum absolute atomic E-state index is 10.1. The van der Waals surface area contributed by atoms with Crippen molar-refractivity contribution in [1.29, 1.82) is 0 Å². The van der Waals surface area contributed by atoms with Crippen molar-refractivity contribution in [3.8, 4) is 0 Å². The van der Waals surface area contributed by atoms with E-state index in [1.807, 2.05) is 12.1 Å². The molecule has 1 aliphatic rings. The molecule has 1 aromatic carbocycles. The molecule has 0 heterocycles. The van der Waals surface area contributed by atoms with E-state index in [9.17, 15) is 5.11 Å². The summed E-state index contributed by atoms with van der Waals surface area (Å²) in [6.07, 6.45) is 2.66. The van der Waals surface area contributed by atoms with Gasteiger partial charge >= 0.3 is 0 Å². The average Bonchev–Trinajstić information content (AvgIpc) is 2.29. The molecule has 2 unspecified atom stereocenters. The van der Waals surface area contributed by atoms with Gasteiger partial charge in [0.15, 0.2) is 0 Å². The minimum atomic E-state index is -0.179. The molecule has 0 radical (unpaired) electrons. The van der Waals surface area contributed by atoms with E-state index in [1.54, 1.807) is 0 Å². The summed E-state index contributed by atoms with van der Waals surface area (Å²) in [7, 11) is 0. The van der Waals surface area contributed by atoms with Gasteiger partial charge in [-0.2, -0.15) is 0 Å². The monoisotopic (exact) mass is 316 g/mol. The standard InChI is InChI=1S/C14H18BrClO/c1-3-14(4-2)11(8-13(14)17)10-6-5-9(15)7-12(10)16/h5-7,11,13,17H,3-4,8H2,1-2H3. The molecule has 0 aliphatic heterocycles. The van der Waals surface area contributed by atoms with Gasteiger partial charge in [-0.3, -0.25) is 0 Å². The van der Waals surface area contributed by atoms with Crippen LogP contribution in [-0.4, -0.2) is 11.2 Å². The van der Waals surface area contributed by atoms with Gasteiger partial charge in [0, 0.05) is 14.9 Å². The third kappa shape index (κ3) is 2.05. The summed E-state index contributed by atoms with van der Waals surface area (Å²) in [4.78, 5) is 0. The van der Waals surface area contributed by atoms with E-state index in [0.717, 1.165) is 28.8 Å². The Morgan fingerprint density at radius 2 is 2.06 bits per heavy atom. The van der Waals surface area contributed by atoms with Crippen LogP contribution in [0.5, 0.6) is 0 Å². The van der Waals surface area contributed by atoms with Crippen LogP contribution in [0.15, 0.2) is 22.7 Å². The van der Waals surface area contributed by atoms with Crippen LogP contribution >= 0.6 is 27.5 Å². The highest BCUT2D eigenvalue weighted by Gasteiger charge is 2.52. The van der Waals surface area contributed by atoms with Gasteiger partial charge in [-0.1, -0.05) is 47.4 Å². The molecule has 0 aromatic heterocycles. The number of hydrogen-bond acceptors (Lipinski definition) is 1. The van der Waals surface area contributed by atoms with Crippen molar-refractivity contribution in [2.45, 2.75) is 45.1 Å². The van der Waals surface area contributed by atoms with Crippen molar-refractivity contribution in [3.63, 3.8) is 0 Å². The van der Waals surface area contributed by atoms with E-state index in [2.05, 4.69) is 35.8 Å². The molecule has 0 bridgehead atoms. The third-order valence-corrected chi connectivity index (χ3v) is 5.29. The van der Waals surface area contributed by atoms with E-state index in [4.69, 9.17) is 11.6 Å². The lowest BCUT2D eigenvalue weighted by Crippen LogP contribution is -2.51. The molecular weight excluding hydrogens is 300 g/mol. The Kier molecular flexibility index (Phi) is 3.86. The van der Waals surface area contributed by atoms with E-state index >= 15 is 0 Å². The predicted octanol–water partition coefficient (Wildman–Crippen LogP) is 4.76. The molecule has 1 nitrogen and oxygen atoms in total. The van der Waals surface area contributed by atoms with Gasteiger partial charge in [0.2, 0.25) is 0 Å². The lowest BCUT2D eigenvalue weighted by atomic mass is 9.53. The Labute approximate surface area is 116 Å². The van der Waals surface area contributed by atoms with Gasteiger partial charge < -0.3 is 5.11 Å². The minimum absolute atomic E-state index is 0.0253.